The van der Waals surface area contributed by atoms with E-state index in [1.54, 1.807) is 6.92 Å². The van der Waals surface area contributed by atoms with Gasteiger partial charge in [0.1, 0.15) is 5.60 Å². The molecule has 0 aromatic heterocycles. The summed E-state index contributed by atoms with van der Waals surface area (Å²) in [5.74, 6) is 5.50. The summed E-state index contributed by atoms with van der Waals surface area (Å²) in [5.41, 5.74) is -0.952. The van der Waals surface area contributed by atoms with Gasteiger partial charge in [0, 0.05) is 13.2 Å². The molecular formula is C11H20O3. The molecule has 0 radical (unpaired) electrons. The lowest BCUT2D eigenvalue weighted by atomic mass is 10.1. The molecule has 0 bridgehead atoms. The van der Waals surface area contributed by atoms with E-state index in [0.29, 0.717) is 19.6 Å². The van der Waals surface area contributed by atoms with Gasteiger partial charge in [-0.05, 0) is 33.1 Å². The zero-order valence-corrected chi connectivity index (χ0v) is 9.46. The lowest BCUT2D eigenvalue weighted by Gasteiger charge is -2.14. The third kappa shape index (κ3) is 5.98. The summed E-state index contributed by atoms with van der Waals surface area (Å²) in [6, 6.07) is 0. The van der Waals surface area contributed by atoms with Crippen LogP contribution < -0.4 is 0 Å². The summed E-state index contributed by atoms with van der Waals surface area (Å²) in [5, 5.41) is 9.62. The molecule has 0 aromatic rings. The largest absolute Gasteiger partial charge is 0.378 e. The van der Waals surface area contributed by atoms with Crippen molar-refractivity contribution in [2.75, 3.05) is 13.2 Å². The van der Waals surface area contributed by atoms with Crippen molar-refractivity contribution in [3.63, 3.8) is 0 Å². The predicted octanol–water partition coefficient (Wildman–Crippen LogP) is 1.55. The Balaban J connectivity index is 4.25. The summed E-state index contributed by atoms with van der Waals surface area (Å²) in [4.78, 5) is 0. The van der Waals surface area contributed by atoms with Gasteiger partial charge in [-0.2, -0.15) is 0 Å². The zero-order valence-electron chi connectivity index (χ0n) is 9.46. The van der Waals surface area contributed by atoms with Crippen LogP contribution in [0.1, 0.15) is 34.1 Å². The van der Waals surface area contributed by atoms with E-state index in [4.69, 9.17) is 9.47 Å². The van der Waals surface area contributed by atoms with E-state index in [9.17, 15) is 5.11 Å². The van der Waals surface area contributed by atoms with E-state index in [1.807, 2.05) is 20.8 Å². The van der Waals surface area contributed by atoms with Crippen LogP contribution in [0.2, 0.25) is 0 Å². The Morgan fingerprint density at radius 3 is 2.07 bits per heavy atom. The molecular weight excluding hydrogens is 180 g/mol. The smallest absolute Gasteiger partial charge is 0.222 e. The van der Waals surface area contributed by atoms with Crippen LogP contribution >= 0.6 is 0 Å². The summed E-state index contributed by atoms with van der Waals surface area (Å²) < 4.78 is 10.4. The third-order valence-corrected chi connectivity index (χ3v) is 1.78. The van der Waals surface area contributed by atoms with Crippen LogP contribution in [0.25, 0.3) is 0 Å². The highest BCUT2D eigenvalue weighted by Gasteiger charge is 2.13. The SMILES string of the molecule is CCOC(C#CC(C)(O)CC)OCC. The van der Waals surface area contributed by atoms with E-state index in [0.717, 1.165) is 0 Å². The molecule has 1 unspecified atom stereocenters. The third-order valence-electron chi connectivity index (χ3n) is 1.78. The van der Waals surface area contributed by atoms with Crippen molar-refractivity contribution in [3.05, 3.63) is 0 Å². The van der Waals surface area contributed by atoms with Crippen LogP contribution in [-0.2, 0) is 9.47 Å². The van der Waals surface area contributed by atoms with Crippen LogP contribution in [0.15, 0.2) is 0 Å². The minimum Gasteiger partial charge on any atom is -0.378 e. The molecule has 0 aliphatic rings. The van der Waals surface area contributed by atoms with Gasteiger partial charge >= 0.3 is 0 Å². The highest BCUT2D eigenvalue weighted by Crippen LogP contribution is 2.06. The van der Waals surface area contributed by atoms with E-state index < -0.39 is 11.9 Å². The van der Waals surface area contributed by atoms with Crippen LogP contribution in [0.4, 0.5) is 0 Å². The van der Waals surface area contributed by atoms with Gasteiger partial charge in [0.25, 0.3) is 0 Å². The maximum Gasteiger partial charge on any atom is 0.222 e. The molecule has 0 spiro atoms. The van der Waals surface area contributed by atoms with Gasteiger partial charge in [0.2, 0.25) is 6.29 Å². The molecule has 82 valence electrons. The monoisotopic (exact) mass is 200 g/mol. The van der Waals surface area contributed by atoms with Crippen LogP contribution in [-0.4, -0.2) is 30.2 Å². The molecule has 0 aliphatic heterocycles. The van der Waals surface area contributed by atoms with Gasteiger partial charge in [-0.25, -0.2) is 0 Å². The summed E-state index contributed by atoms with van der Waals surface area (Å²) in [6.45, 7) is 8.42. The molecule has 0 saturated heterocycles. The fraction of sp³-hybridized carbons (Fsp3) is 0.818. The second-order valence-corrected chi connectivity index (χ2v) is 3.14. The van der Waals surface area contributed by atoms with Gasteiger partial charge < -0.3 is 14.6 Å². The normalized spacial score (nSPS) is 14.7. The molecule has 0 aliphatic carbocycles. The van der Waals surface area contributed by atoms with Crippen molar-refractivity contribution in [2.24, 2.45) is 0 Å². The van der Waals surface area contributed by atoms with Crippen LogP contribution in [0.5, 0.6) is 0 Å². The molecule has 14 heavy (non-hydrogen) atoms. The van der Waals surface area contributed by atoms with Gasteiger partial charge in [-0.1, -0.05) is 12.8 Å². The van der Waals surface area contributed by atoms with Crippen molar-refractivity contribution in [1.82, 2.24) is 0 Å². The fourth-order valence-electron chi connectivity index (χ4n) is 0.737. The Kier molecular flexibility index (Phi) is 6.56. The van der Waals surface area contributed by atoms with Crippen LogP contribution in [0, 0.1) is 11.8 Å². The molecule has 0 rings (SSSR count). The van der Waals surface area contributed by atoms with Gasteiger partial charge in [-0.15, -0.1) is 0 Å². The number of rotatable bonds is 5. The van der Waals surface area contributed by atoms with Crippen LogP contribution in [0.3, 0.4) is 0 Å². The second kappa shape index (κ2) is 6.83. The Morgan fingerprint density at radius 2 is 1.71 bits per heavy atom. The molecule has 0 aromatic carbocycles. The van der Waals surface area contributed by atoms with Crippen molar-refractivity contribution < 1.29 is 14.6 Å². The van der Waals surface area contributed by atoms with Gasteiger partial charge in [0.15, 0.2) is 0 Å². The first kappa shape index (κ1) is 13.4. The molecule has 1 N–H and O–H groups in total. The first-order valence-electron chi connectivity index (χ1n) is 5.04. The lowest BCUT2D eigenvalue weighted by molar-refractivity contribution is -0.0973. The summed E-state index contributed by atoms with van der Waals surface area (Å²) >= 11 is 0. The van der Waals surface area contributed by atoms with Gasteiger partial charge in [-0.3, -0.25) is 0 Å². The first-order valence-corrected chi connectivity index (χ1v) is 5.04. The summed E-state index contributed by atoms with van der Waals surface area (Å²) in [6.07, 6.45) is 0.0633. The number of hydrogen-bond acceptors (Lipinski definition) is 3. The zero-order chi connectivity index (χ0) is 11.0. The van der Waals surface area contributed by atoms with Crippen molar-refractivity contribution >= 4 is 0 Å². The topological polar surface area (TPSA) is 38.7 Å². The van der Waals surface area contributed by atoms with E-state index in [2.05, 4.69) is 11.8 Å². The number of hydrogen-bond donors (Lipinski definition) is 1. The molecule has 0 saturated carbocycles. The molecule has 1 atom stereocenters. The summed E-state index contributed by atoms with van der Waals surface area (Å²) in [7, 11) is 0. The average molecular weight is 200 g/mol. The van der Waals surface area contributed by atoms with Crippen molar-refractivity contribution in [2.45, 2.75) is 46.0 Å². The quantitative estimate of drug-likeness (QED) is 0.540. The first-order chi connectivity index (χ1) is 6.55. The lowest BCUT2D eigenvalue weighted by Crippen LogP contribution is -2.22. The minimum atomic E-state index is -0.952. The number of aliphatic hydroxyl groups is 1. The Hall–Kier alpha value is -0.560. The minimum absolute atomic E-state index is 0.525. The Morgan fingerprint density at radius 1 is 1.21 bits per heavy atom. The maximum absolute atomic E-state index is 9.62. The van der Waals surface area contributed by atoms with E-state index in [1.165, 1.54) is 0 Å². The molecule has 3 heteroatoms. The van der Waals surface area contributed by atoms with Crippen molar-refractivity contribution in [1.29, 1.82) is 0 Å². The van der Waals surface area contributed by atoms with Gasteiger partial charge in [0.05, 0.1) is 0 Å². The molecule has 0 fully saturated rings. The molecule has 3 nitrogen and oxygen atoms in total. The predicted molar refractivity (Wildman–Crippen MR) is 55.7 cm³/mol. The maximum atomic E-state index is 9.62. The standard InChI is InChI=1S/C11H20O3/c1-5-11(4,12)9-8-10(13-6-2)14-7-3/h10,12H,5-7H2,1-4H3. The molecule has 0 heterocycles. The Labute approximate surface area is 86.4 Å². The van der Waals surface area contributed by atoms with Crippen molar-refractivity contribution in [3.8, 4) is 11.8 Å². The second-order valence-electron chi connectivity index (χ2n) is 3.14. The van der Waals surface area contributed by atoms with E-state index in [-0.39, 0.29) is 0 Å². The number of ether oxygens (including phenoxy) is 2. The average Bonchev–Trinajstić information content (AvgIpc) is 2.15. The Bertz CT molecular complexity index is 194. The highest BCUT2D eigenvalue weighted by molar-refractivity contribution is 5.13. The fourth-order valence-corrected chi connectivity index (χ4v) is 0.737. The molecule has 0 amide bonds. The van der Waals surface area contributed by atoms with E-state index >= 15 is 0 Å². The highest BCUT2D eigenvalue weighted by atomic mass is 16.7.